The van der Waals surface area contributed by atoms with Crippen LogP contribution in [0.15, 0.2) is 66.8 Å². The van der Waals surface area contributed by atoms with Gasteiger partial charge in [-0.1, -0.05) is 35.3 Å². The van der Waals surface area contributed by atoms with E-state index in [1.807, 2.05) is 37.3 Å². The molecule has 0 aliphatic rings. The third kappa shape index (κ3) is 4.94. The lowest BCUT2D eigenvalue weighted by Gasteiger charge is -2.17. The van der Waals surface area contributed by atoms with E-state index in [1.165, 1.54) is 25.5 Å². The first-order chi connectivity index (χ1) is 15.8. The predicted molar refractivity (Wildman–Crippen MR) is 129 cm³/mol. The van der Waals surface area contributed by atoms with Crippen LogP contribution in [0.3, 0.4) is 0 Å². The monoisotopic (exact) mass is 482 g/mol. The maximum atomic E-state index is 12.1. The molecule has 1 unspecified atom stereocenters. The fourth-order valence-electron chi connectivity index (χ4n) is 3.39. The molecule has 0 aliphatic carbocycles. The van der Waals surface area contributed by atoms with Gasteiger partial charge in [0.1, 0.15) is 23.3 Å². The molecule has 2 heterocycles. The number of carbonyl (C=O) groups excluding carboxylic acids is 1. The lowest BCUT2D eigenvalue weighted by atomic mass is 10.1. The Morgan fingerprint density at radius 1 is 1.15 bits per heavy atom. The second-order valence-corrected chi connectivity index (χ2v) is 8.21. The number of carbonyl (C=O) groups is 1. The fourth-order valence-corrected chi connectivity index (χ4v) is 4.06. The van der Waals surface area contributed by atoms with Gasteiger partial charge in [-0.25, -0.2) is 0 Å². The number of allylic oxidation sites excluding steroid dienone is 1. The molecule has 4 rings (SSSR count). The second-order valence-electron chi connectivity index (χ2n) is 7.39. The Hall–Kier alpha value is -3.55. The number of ether oxygens (including phenoxy) is 1. The lowest BCUT2D eigenvalue weighted by Crippen LogP contribution is -2.17. The van der Waals surface area contributed by atoms with Crippen molar-refractivity contribution < 1.29 is 14.6 Å². The summed E-state index contributed by atoms with van der Waals surface area (Å²) < 4.78 is 6.11. The van der Waals surface area contributed by atoms with Crippen LogP contribution in [0, 0.1) is 0 Å². The van der Waals surface area contributed by atoms with Gasteiger partial charge < -0.3 is 15.2 Å². The van der Waals surface area contributed by atoms with Crippen molar-refractivity contribution in [1.82, 2.24) is 20.5 Å². The maximum absolute atomic E-state index is 12.1. The second kappa shape index (κ2) is 9.52. The van der Waals surface area contributed by atoms with Gasteiger partial charge in [0.2, 0.25) is 0 Å². The zero-order chi connectivity index (χ0) is 23.5. The molecule has 7 nitrogen and oxygen atoms in total. The number of pyridine rings is 1. The molecule has 1 amide bonds. The third-order valence-electron chi connectivity index (χ3n) is 4.98. The Bertz CT molecular complexity index is 1330. The van der Waals surface area contributed by atoms with Crippen molar-refractivity contribution in [2.45, 2.75) is 20.0 Å². The van der Waals surface area contributed by atoms with Crippen LogP contribution in [0.4, 0.5) is 0 Å². The Morgan fingerprint density at radius 2 is 1.85 bits per heavy atom. The highest BCUT2D eigenvalue weighted by Gasteiger charge is 2.17. The van der Waals surface area contributed by atoms with E-state index in [0.717, 1.165) is 22.2 Å². The van der Waals surface area contributed by atoms with E-state index < -0.39 is 6.10 Å². The van der Waals surface area contributed by atoms with Crippen LogP contribution >= 0.6 is 23.2 Å². The summed E-state index contributed by atoms with van der Waals surface area (Å²) in [5.41, 5.74) is 3.52. The number of benzene rings is 2. The topological polar surface area (TPSA) is 100 Å². The van der Waals surface area contributed by atoms with Gasteiger partial charge in [-0.2, -0.15) is 5.10 Å². The molecular formula is C24H20Cl2N4O3. The molecule has 0 saturated heterocycles. The van der Waals surface area contributed by atoms with E-state index in [1.54, 1.807) is 12.1 Å². The Morgan fingerprint density at radius 3 is 2.52 bits per heavy atom. The third-order valence-corrected chi connectivity index (χ3v) is 5.58. The summed E-state index contributed by atoms with van der Waals surface area (Å²) >= 11 is 12.5. The summed E-state index contributed by atoms with van der Waals surface area (Å²) in [7, 11) is 0. The van der Waals surface area contributed by atoms with Gasteiger partial charge in [0.15, 0.2) is 0 Å². The van der Waals surface area contributed by atoms with Crippen molar-refractivity contribution in [2.75, 3.05) is 0 Å². The first-order valence-electron chi connectivity index (χ1n) is 10.0. The number of hydrogen-bond donors (Lipinski definition) is 3. The van der Waals surface area contributed by atoms with E-state index in [-0.39, 0.29) is 11.7 Å². The molecule has 0 fully saturated rings. The SMILES string of the molecule is C/C(O)=C/NC(=O)c1ccc(-c2n[nH]c3ccc(OC(C)c4c(Cl)cncc4Cl)cc23)cc1. The van der Waals surface area contributed by atoms with Crippen LogP contribution in [0.25, 0.3) is 22.2 Å². The summed E-state index contributed by atoms with van der Waals surface area (Å²) in [6, 6.07) is 12.6. The van der Waals surface area contributed by atoms with Crippen molar-refractivity contribution in [3.05, 3.63) is 88.0 Å². The number of fused-ring (bicyclic) bond motifs is 1. The van der Waals surface area contributed by atoms with Crippen LogP contribution in [0.5, 0.6) is 5.75 Å². The average Bonchev–Trinajstić information content (AvgIpc) is 3.20. The van der Waals surface area contributed by atoms with Gasteiger partial charge in [0.05, 0.1) is 15.6 Å². The molecule has 0 aliphatic heterocycles. The van der Waals surface area contributed by atoms with Crippen LogP contribution in [-0.2, 0) is 0 Å². The summed E-state index contributed by atoms with van der Waals surface area (Å²) in [5, 5.41) is 20.9. The first-order valence-corrected chi connectivity index (χ1v) is 10.8. The molecule has 2 aromatic carbocycles. The number of aromatic nitrogens is 3. The number of rotatable bonds is 6. The molecule has 1 atom stereocenters. The van der Waals surface area contributed by atoms with E-state index in [4.69, 9.17) is 27.9 Å². The minimum absolute atomic E-state index is 0.0174. The number of hydrogen-bond acceptors (Lipinski definition) is 5. The normalized spacial score (nSPS) is 12.5. The predicted octanol–water partition coefficient (Wildman–Crippen LogP) is 6.22. The highest BCUT2D eigenvalue weighted by Crippen LogP contribution is 2.34. The molecule has 0 bridgehead atoms. The Balaban J connectivity index is 1.60. The first kappa shape index (κ1) is 22.6. The van der Waals surface area contributed by atoms with Crippen molar-refractivity contribution in [1.29, 1.82) is 0 Å². The molecule has 3 N–H and O–H groups in total. The quantitative estimate of drug-likeness (QED) is 0.283. The van der Waals surface area contributed by atoms with Crippen molar-refractivity contribution in [2.24, 2.45) is 0 Å². The average molecular weight is 483 g/mol. The molecule has 2 aromatic heterocycles. The number of aliphatic hydroxyl groups excluding tert-OH is 1. The van der Waals surface area contributed by atoms with E-state index in [9.17, 15) is 9.90 Å². The molecular weight excluding hydrogens is 463 g/mol. The smallest absolute Gasteiger partial charge is 0.255 e. The zero-order valence-corrected chi connectivity index (χ0v) is 19.3. The highest BCUT2D eigenvalue weighted by atomic mass is 35.5. The minimum Gasteiger partial charge on any atom is -0.511 e. The van der Waals surface area contributed by atoms with Gasteiger partial charge in [0.25, 0.3) is 5.91 Å². The van der Waals surface area contributed by atoms with E-state index >= 15 is 0 Å². The Labute approximate surface area is 200 Å². The molecule has 4 aromatic rings. The van der Waals surface area contributed by atoms with Crippen molar-refractivity contribution in [3.8, 4) is 17.0 Å². The maximum Gasteiger partial charge on any atom is 0.255 e. The number of aliphatic hydroxyl groups is 1. The summed E-state index contributed by atoms with van der Waals surface area (Å²) in [4.78, 5) is 16.1. The zero-order valence-electron chi connectivity index (χ0n) is 17.8. The molecule has 33 heavy (non-hydrogen) atoms. The summed E-state index contributed by atoms with van der Waals surface area (Å²) in [5.74, 6) is 0.326. The van der Waals surface area contributed by atoms with Gasteiger partial charge >= 0.3 is 0 Å². The Kier molecular flexibility index (Phi) is 6.53. The van der Waals surface area contributed by atoms with Crippen LogP contribution in [0.2, 0.25) is 10.0 Å². The van der Waals surface area contributed by atoms with Gasteiger partial charge in [-0.15, -0.1) is 0 Å². The number of aromatic amines is 1. The number of H-pyrrole nitrogens is 1. The fraction of sp³-hybridized carbons (Fsp3) is 0.125. The van der Waals surface area contributed by atoms with Gasteiger partial charge in [0, 0.05) is 40.7 Å². The summed E-state index contributed by atoms with van der Waals surface area (Å²) in [6.07, 6.45) is 3.91. The van der Waals surface area contributed by atoms with Crippen molar-refractivity contribution in [3.63, 3.8) is 0 Å². The highest BCUT2D eigenvalue weighted by molar-refractivity contribution is 6.35. The molecule has 0 spiro atoms. The number of nitrogens with one attached hydrogen (secondary N) is 2. The van der Waals surface area contributed by atoms with Gasteiger partial charge in [-0.3, -0.25) is 14.9 Å². The lowest BCUT2D eigenvalue weighted by molar-refractivity contribution is 0.0968. The van der Waals surface area contributed by atoms with Crippen molar-refractivity contribution >= 4 is 40.0 Å². The van der Waals surface area contributed by atoms with Crippen LogP contribution in [0.1, 0.15) is 35.9 Å². The minimum atomic E-state index is -0.393. The van der Waals surface area contributed by atoms with Crippen LogP contribution in [-0.4, -0.2) is 26.2 Å². The van der Waals surface area contributed by atoms with Gasteiger partial charge in [-0.05, 0) is 44.2 Å². The van der Waals surface area contributed by atoms with E-state index in [2.05, 4.69) is 20.5 Å². The largest absolute Gasteiger partial charge is 0.511 e. The van der Waals surface area contributed by atoms with E-state index in [0.29, 0.717) is 26.9 Å². The standard InChI is InChI=1S/C24H20Cl2N4O3/c1-13(31)10-28-24(32)16-5-3-15(4-6-16)23-18-9-17(7-8-21(18)29-30-23)33-14(2)22-19(25)11-27-12-20(22)26/h3-12,14,31H,1-2H3,(H,28,32)(H,29,30)/b13-10-. The van der Waals surface area contributed by atoms with Crippen LogP contribution < -0.4 is 10.1 Å². The number of halogens is 2. The number of nitrogens with zero attached hydrogens (tertiary/aromatic N) is 2. The molecule has 9 heteroatoms. The summed E-state index contributed by atoms with van der Waals surface area (Å²) in [6.45, 7) is 3.34. The molecule has 168 valence electrons. The number of amides is 1. The molecule has 0 saturated carbocycles. The molecule has 0 radical (unpaired) electrons.